The minimum Gasteiger partial charge on any atom is -0.907 e. The van der Waals surface area contributed by atoms with Gasteiger partial charge in [0.1, 0.15) is 39.3 Å². The summed E-state index contributed by atoms with van der Waals surface area (Å²) in [7, 11) is -2.92. The minimum atomic E-state index is -2.92. The largest absolute Gasteiger partial charge is 0.907 e. The van der Waals surface area contributed by atoms with E-state index in [9.17, 15) is 31.2 Å². The van der Waals surface area contributed by atoms with E-state index in [1.54, 1.807) is 0 Å². The van der Waals surface area contributed by atoms with Crippen molar-refractivity contribution in [3.8, 4) is 0 Å². The molecule has 12 nitrogen and oxygen atoms in total. The van der Waals surface area contributed by atoms with E-state index in [1.807, 2.05) is 0 Å². The number of hydroxylamine groups is 12. The SMILES string of the molecule is CCCCCCCCCCCC[N+](O)(O)CCCCCCCCCC.CCCCCCCCCCCC[N+](O)(O)CCCCCCCCCC.CCCCCCCCCCCC[N+](O)(O)CCCCCCCCCC.[O-]B([O-])[O-]. The monoisotopic (exact) mass is 1130 g/mol. The van der Waals surface area contributed by atoms with Crippen LogP contribution in [0.15, 0.2) is 0 Å². The smallest absolute Gasteiger partial charge is 0.142 e. The summed E-state index contributed by atoms with van der Waals surface area (Å²) in [5.41, 5.74) is 0. The molecule has 480 valence electrons. The molecule has 0 unspecified atom stereocenters. The first-order valence-corrected chi connectivity index (χ1v) is 35.0. The van der Waals surface area contributed by atoms with E-state index < -0.39 is 21.8 Å². The fourth-order valence-electron chi connectivity index (χ4n) is 10.4. The van der Waals surface area contributed by atoms with Crippen molar-refractivity contribution < 1.29 is 60.7 Å². The van der Waals surface area contributed by atoms with E-state index in [2.05, 4.69) is 41.5 Å². The van der Waals surface area contributed by atoms with Crippen LogP contribution in [0.3, 0.4) is 0 Å². The molecule has 0 rings (SSSR count). The summed E-state index contributed by atoms with van der Waals surface area (Å²) in [5.74, 6) is 0. The molecular weight excluding hydrogens is 990 g/mol. The number of rotatable bonds is 60. The average molecular weight is 1130 g/mol. The molecule has 0 spiro atoms. The van der Waals surface area contributed by atoms with Crippen molar-refractivity contribution in [3.63, 3.8) is 0 Å². The van der Waals surface area contributed by atoms with E-state index in [0.717, 1.165) is 77.0 Å². The Hall–Kier alpha value is -0.415. The molecule has 0 aliphatic heterocycles. The van der Waals surface area contributed by atoms with Gasteiger partial charge in [-0.2, -0.15) is 31.2 Å². The van der Waals surface area contributed by atoms with E-state index in [-0.39, 0.29) is 0 Å². The van der Waals surface area contributed by atoms with Crippen LogP contribution in [0.2, 0.25) is 0 Å². The van der Waals surface area contributed by atoms with Gasteiger partial charge < -0.3 is 15.1 Å². The molecule has 0 aliphatic rings. The maximum absolute atomic E-state index is 10.0. The first-order valence-electron chi connectivity index (χ1n) is 35.0. The molecule has 0 aromatic heterocycles. The Morgan fingerprint density at radius 2 is 0.253 bits per heavy atom. The van der Waals surface area contributed by atoms with Crippen molar-refractivity contribution in [1.82, 2.24) is 0 Å². The van der Waals surface area contributed by atoms with Gasteiger partial charge in [0.15, 0.2) is 0 Å². The quantitative estimate of drug-likeness (QED) is 0.0149. The van der Waals surface area contributed by atoms with Crippen molar-refractivity contribution in [2.75, 3.05) is 39.3 Å². The van der Waals surface area contributed by atoms with Gasteiger partial charge in [0.2, 0.25) is 0 Å². The first kappa shape index (κ1) is 85.0. The van der Waals surface area contributed by atoms with Gasteiger partial charge in [-0.25, -0.2) is 0 Å². The summed E-state index contributed by atoms with van der Waals surface area (Å²) in [4.78, 5) is -2.27. The maximum Gasteiger partial charge on any atom is 0.142 e. The molecule has 0 radical (unpaired) electrons. The molecule has 6 N–H and O–H groups in total. The van der Waals surface area contributed by atoms with Crippen LogP contribution in [-0.4, -0.2) is 92.3 Å². The third kappa shape index (κ3) is 86.5. The van der Waals surface area contributed by atoms with Crippen LogP contribution < -0.4 is 15.1 Å². The number of hydrogen-bond donors (Lipinski definition) is 6. The lowest BCUT2D eigenvalue weighted by Crippen LogP contribution is -2.56. The zero-order valence-electron chi connectivity index (χ0n) is 54.3. The molecule has 0 saturated carbocycles. The van der Waals surface area contributed by atoms with E-state index in [1.165, 1.54) is 270 Å². The Bertz CT molecular complexity index is 952. The third-order valence-electron chi connectivity index (χ3n) is 15.7. The minimum absolute atomic E-state index is 0.492. The van der Waals surface area contributed by atoms with Crippen molar-refractivity contribution in [2.24, 2.45) is 0 Å². The first-order chi connectivity index (χ1) is 38.1. The van der Waals surface area contributed by atoms with Crippen LogP contribution in [-0.2, 0) is 0 Å². The van der Waals surface area contributed by atoms with Crippen LogP contribution in [0.5, 0.6) is 0 Å². The standard InChI is InChI=1S/3C22H48NO2.BO3/c3*1-3-5-7-9-11-13-14-16-18-20-22-23(24,25)21-19-17-15-12-10-8-6-4-2;2-1(3)4/h3*24-25H,3-22H2,1-2H3;/q3*+1;-3. The van der Waals surface area contributed by atoms with Crippen LogP contribution in [0.4, 0.5) is 0 Å². The van der Waals surface area contributed by atoms with Gasteiger partial charge in [0.05, 0.1) is 0 Å². The van der Waals surface area contributed by atoms with Gasteiger partial charge in [0, 0.05) is 38.5 Å². The summed E-state index contributed by atoms with van der Waals surface area (Å²) in [6.45, 7) is 16.5. The Labute approximate surface area is 493 Å². The lowest BCUT2D eigenvalue weighted by Gasteiger charge is -2.35. The van der Waals surface area contributed by atoms with E-state index in [0.29, 0.717) is 39.3 Å². The topological polar surface area (TPSA) is 191 Å². The van der Waals surface area contributed by atoms with Crippen molar-refractivity contribution >= 4 is 7.32 Å². The van der Waals surface area contributed by atoms with Crippen LogP contribution >= 0.6 is 0 Å². The molecule has 0 aromatic rings. The van der Waals surface area contributed by atoms with Gasteiger partial charge in [-0.3, -0.25) is 7.32 Å². The number of hydrogen-bond acceptors (Lipinski definition) is 9. The predicted molar refractivity (Wildman–Crippen MR) is 330 cm³/mol. The molecule has 0 bridgehead atoms. The van der Waals surface area contributed by atoms with Crippen LogP contribution in [0.1, 0.15) is 388 Å². The predicted octanol–water partition coefficient (Wildman–Crippen LogP) is 19.0. The molecule has 0 saturated heterocycles. The number of quaternary nitrogens is 3. The normalized spacial score (nSPS) is 11.7. The number of nitrogens with zero attached hydrogens (tertiary/aromatic N) is 3. The van der Waals surface area contributed by atoms with Crippen LogP contribution in [0, 0.1) is 0 Å². The highest BCUT2D eigenvalue weighted by Gasteiger charge is 2.23. The molecule has 0 aromatic carbocycles. The molecule has 0 fully saturated rings. The lowest BCUT2D eigenvalue weighted by atomic mass is 10.1. The second-order valence-electron chi connectivity index (χ2n) is 24.2. The molecule has 0 atom stereocenters. The van der Waals surface area contributed by atoms with E-state index in [4.69, 9.17) is 15.1 Å². The highest BCUT2D eigenvalue weighted by molar-refractivity contribution is 6.24. The second kappa shape index (κ2) is 70.1. The number of unbranched alkanes of at least 4 members (excludes halogenated alkanes) is 48. The molecule has 0 heterocycles. The van der Waals surface area contributed by atoms with Crippen molar-refractivity contribution in [1.29, 1.82) is 0 Å². The summed E-state index contributed by atoms with van der Waals surface area (Å²) in [6.07, 6.45) is 68.3. The fraction of sp³-hybridized carbons (Fsp3) is 1.00. The van der Waals surface area contributed by atoms with Crippen molar-refractivity contribution in [2.45, 2.75) is 388 Å². The Morgan fingerprint density at radius 3 is 0.342 bits per heavy atom. The highest BCUT2D eigenvalue weighted by Crippen LogP contribution is 2.17. The molecule has 13 heteroatoms. The molecule has 0 aliphatic carbocycles. The summed E-state index contributed by atoms with van der Waals surface area (Å²) < 4.78 is 0. The van der Waals surface area contributed by atoms with Gasteiger partial charge in [-0.05, 0) is 53.0 Å². The van der Waals surface area contributed by atoms with Crippen molar-refractivity contribution in [3.05, 3.63) is 0 Å². The van der Waals surface area contributed by atoms with E-state index >= 15 is 0 Å². The molecular formula is C66H144BN3O9. The zero-order chi connectivity index (χ0) is 59.5. The lowest BCUT2D eigenvalue weighted by molar-refractivity contribution is -1.24. The van der Waals surface area contributed by atoms with Crippen LogP contribution in [0.25, 0.3) is 0 Å². The zero-order valence-corrected chi connectivity index (χ0v) is 54.3. The van der Waals surface area contributed by atoms with Gasteiger partial charge in [-0.15, -0.1) is 0 Å². The Kier molecular flexibility index (Phi) is 75.4. The third-order valence-corrected chi connectivity index (χ3v) is 15.7. The molecule has 79 heavy (non-hydrogen) atoms. The Balaban J connectivity index is -0.000000515. The average Bonchev–Trinajstić information content (AvgIpc) is 3.40. The summed E-state index contributed by atoms with van der Waals surface area (Å²) in [6, 6.07) is 0. The fourth-order valence-corrected chi connectivity index (χ4v) is 10.4. The highest BCUT2D eigenvalue weighted by atomic mass is 16.8. The summed E-state index contributed by atoms with van der Waals surface area (Å²) >= 11 is 0. The molecule has 0 amide bonds. The Morgan fingerprint density at radius 1 is 0.177 bits per heavy atom. The maximum atomic E-state index is 10.0. The van der Waals surface area contributed by atoms with Gasteiger partial charge in [-0.1, -0.05) is 311 Å². The summed E-state index contributed by atoms with van der Waals surface area (Å²) in [5, 5.41) is 85.3. The van der Waals surface area contributed by atoms with Gasteiger partial charge >= 0.3 is 0 Å². The van der Waals surface area contributed by atoms with Gasteiger partial charge in [0.25, 0.3) is 0 Å². The second-order valence-corrected chi connectivity index (χ2v) is 24.2.